The van der Waals surface area contributed by atoms with Crippen LogP contribution in [-0.4, -0.2) is 50.8 Å². The van der Waals surface area contributed by atoms with Crippen molar-refractivity contribution in [2.24, 2.45) is 0 Å². The summed E-state index contributed by atoms with van der Waals surface area (Å²) in [6.45, 7) is 7.61. The summed E-state index contributed by atoms with van der Waals surface area (Å²) >= 11 is 0. The number of anilines is 2. The molecule has 0 saturated carbocycles. The number of rotatable bonds is 15. The van der Waals surface area contributed by atoms with Crippen molar-refractivity contribution in [2.45, 2.75) is 64.8 Å². The van der Waals surface area contributed by atoms with Gasteiger partial charge in [0.25, 0.3) is 0 Å². The summed E-state index contributed by atoms with van der Waals surface area (Å²) in [5.41, 5.74) is 4.53. The lowest BCUT2D eigenvalue weighted by atomic mass is 9.95. The Hall–Kier alpha value is -4.89. The average molecular weight is 681 g/mol. The van der Waals surface area contributed by atoms with E-state index >= 15 is 4.39 Å². The van der Waals surface area contributed by atoms with Crippen LogP contribution >= 0.6 is 0 Å². The zero-order valence-corrected chi connectivity index (χ0v) is 28.8. The lowest BCUT2D eigenvalue weighted by Gasteiger charge is -2.29. The first-order valence-electron chi connectivity index (χ1n) is 17.5. The van der Waals surface area contributed by atoms with Crippen molar-refractivity contribution in [3.05, 3.63) is 119 Å². The molecule has 262 valence electrons. The highest BCUT2D eigenvalue weighted by molar-refractivity contribution is 5.99. The van der Waals surface area contributed by atoms with E-state index in [0.29, 0.717) is 100 Å². The normalized spacial score (nSPS) is 16.1. The number of unbranched alkanes of at least 4 members (excludes halogenated alkanes) is 1. The lowest BCUT2D eigenvalue weighted by molar-refractivity contribution is 0.0969. The molecule has 0 bridgehead atoms. The molecule has 2 aliphatic heterocycles. The summed E-state index contributed by atoms with van der Waals surface area (Å²) in [6, 6.07) is 28.5. The minimum atomic E-state index is -0.486. The highest BCUT2D eigenvalue weighted by Gasteiger charge is 2.32. The zero-order chi connectivity index (χ0) is 34.9. The molecule has 8 nitrogen and oxygen atoms in total. The van der Waals surface area contributed by atoms with Gasteiger partial charge in [-0.1, -0.05) is 74.5 Å². The average Bonchev–Trinajstić information content (AvgIpc) is 3.52. The van der Waals surface area contributed by atoms with Crippen LogP contribution in [0.15, 0.2) is 91.0 Å². The second-order valence-electron chi connectivity index (χ2n) is 13.1. The number of Topliss-reactive ketones (excluding diaryl/α,β-unsaturated/α-hetero) is 1. The summed E-state index contributed by atoms with van der Waals surface area (Å²) < 4.78 is 38.6. The SMILES string of the molecule is CC(C)c1cc(C(=O)CCCC[C@H]2CN(c3ccc(N4CCOCC4)c(F)c3)C(=O)O2)c(OCc2ccccc2)cc1OCc1ccccc1. The van der Waals surface area contributed by atoms with Crippen LogP contribution in [0.5, 0.6) is 11.5 Å². The maximum absolute atomic E-state index is 15.0. The molecule has 9 heteroatoms. The first-order chi connectivity index (χ1) is 24.4. The van der Waals surface area contributed by atoms with E-state index in [0.717, 1.165) is 16.7 Å². The largest absolute Gasteiger partial charge is 0.488 e. The maximum atomic E-state index is 15.0. The predicted octanol–water partition coefficient (Wildman–Crippen LogP) is 8.71. The van der Waals surface area contributed by atoms with Crippen LogP contribution in [0.1, 0.15) is 72.5 Å². The van der Waals surface area contributed by atoms with E-state index in [1.165, 1.54) is 11.0 Å². The number of hydrogen-bond donors (Lipinski definition) is 0. The van der Waals surface area contributed by atoms with E-state index in [1.54, 1.807) is 12.1 Å². The van der Waals surface area contributed by atoms with E-state index in [1.807, 2.05) is 77.7 Å². The number of carbonyl (C=O) groups is 2. The fourth-order valence-electron chi connectivity index (χ4n) is 6.36. The Morgan fingerprint density at radius 2 is 1.52 bits per heavy atom. The number of morpholine rings is 1. The number of amides is 1. The third-order valence-corrected chi connectivity index (χ3v) is 9.16. The second-order valence-corrected chi connectivity index (χ2v) is 13.1. The number of benzene rings is 4. The Bertz CT molecular complexity index is 1740. The summed E-state index contributed by atoms with van der Waals surface area (Å²) in [7, 11) is 0. The highest BCUT2D eigenvalue weighted by atomic mass is 19.1. The van der Waals surface area contributed by atoms with Crippen LogP contribution in [0.4, 0.5) is 20.6 Å². The van der Waals surface area contributed by atoms with Gasteiger partial charge in [0.15, 0.2) is 5.78 Å². The Morgan fingerprint density at radius 3 is 2.16 bits per heavy atom. The number of ether oxygens (including phenoxy) is 4. The molecular formula is C41H45FN2O6. The van der Waals surface area contributed by atoms with Gasteiger partial charge in [-0.25, -0.2) is 9.18 Å². The van der Waals surface area contributed by atoms with Gasteiger partial charge in [0.05, 0.1) is 36.7 Å². The minimum absolute atomic E-state index is 0.00885. The summed E-state index contributed by atoms with van der Waals surface area (Å²) in [4.78, 5) is 29.9. The maximum Gasteiger partial charge on any atom is 0.414 e. The summed E-state index contributed by atoms with van der Waals surface area (Å²) in [5.74, 6) is 0.943. The molecule has 0 aromatic heterocycles. The van der Waals surface area contributed by atoms with Gasteiger partial charge >= 0.3 is 6.09 Å². The number of halogens is 1. The molecule has 2 aliphatic rings. The first-order valence-corrected chi connectivity index (χ1v) is 17.5. The molecule has 0 radical (unpaired) electrons. The number of carbonyl (C=O) groups excluding carboxylic acids is 2. The molecule has 0 aliphatic carbocycles. The van der Waals surface area contributed by atoms with Gasteiger partial charge in [-0.15, -0.1) is 0 Å². The monoisotopic (exact) mass is 680 g/mol. The molecule has 6 rings (SSSR count). The fraction of sp³-hybridized carbons (Fsp3) is 0.366. The Kier molecular flexibility index (Phi) is 11.7. The van der Waals surface area contributed by atoms with E-state index < -0.39 is 6.09 Å². The summed E-state index contributed by atoms with van der Waals surface area (Å²) in [6.07, 6.45) is 1.42. The quantitative estimate of drug-likeness (QED) is 0.0918. The number of ketones is 1. The van der Waals surface area contributed by atoms with Crippen LogP contribution in [0.2, 0.25) is 0 Å². The number of nitrogens with zero attached hydrogens (tertiary/aromatic N) is 2. The van der Waals surface area contributed by atoms with Crippen molar-refractivity contribution in [3.8, 4) is 11.5 Å². The third kappa shape index (κ3) is 8.82. The molecule has 0 N–H and O–H groups in total. The van der Waals surface area contributed by atoms with Crippen molar-refractivity contribution < 1.29 is 32.9 Å². The van der Waals surface area contributed by atoms with Crippen molar-refractivity contribution in [2.75, 3.05) is 42.6 Å². The molecule has 0 unspecified atom stereocenters. The fourth-order valence-corrected chi connectivity index (χ4v) is 6.36. The molecule has 4 aromatic carbocycles. The van der Waals surface area contributed by atoms with Gasteiger partial charge < -0.3 is 23.8 Å². The van der Waals surface area contributed by atoms with Gasteiger partial charge in [0.2, 0.25) is 0 Å². The minimum Gasteiger partial charge on any atom is -0.488 e. The Labute approximate surface area is 293 Å². The van der Waals surface area contributed by atoms with Gasteiger partial charge in [-0.2, -0.15) is 0 Å². The third-order valence-electron chi connectivity index (χ3n) is 9.16. The highest BCUT2D eigenvalue weighted by Crippen LogP contribution is 2.36. The lowest BCUT2D eigenvalue weighted by Crippen LogP contribution is -2.36. The molecule has 4 aromatic rings. The first kappa shape index (κ1) is 35.0. The Morgan fingerprint density at radius 1 is 0.860 bits per heavy atom. The number of hydrogen-bond acceptors (Lipinski definition) is 7. The number of cyclic esters (lactones) is 1. The molecule has 2 saturated heterocycles. The molecular weight excluding hydrogens is 635 g/mol. The topological polar surface area (TPSA) is 77.5 Å². The van der Waals surface area contributed by atoms with Gasteiger partial charge in [-0.3, -0.25) is 9.69 Å². The predicted molar refractivity (Wildman–Crippen MR) is 192 cm³/mol. The molecule has 2 fully saturated rings. The van der Waals surface area contributed by atoms with Crippen molar-refractivity contribution in [3.63, 3.8) is 0 Å². The Balaban J connectivity index is 1.08. The van der Waals surface area contributed by atoms with Gasteiger partial charge in [0, 0.05) is 25.6 Å². The molecule has 2 heterocycles. The van der Waals surface area contributed by atoms with Crippen LogP contribution in [0.3, 0.4) is 0 Å². The van der Waals surface area contributed by atoms with E-state index in [2.05, 4.69) is 13.8 Å². The second kappa shape index (κ2) is 16.7. The van der Waals surface area contributed by atoms with Crippen molar-refractivity contribution in [1.82, 2.24) is 0 Å². The van der Waals surface area contributed by atoms with Crippen LogP contribution in [-0.2, 0) is 22.7 Å². The summed E-state index contributed by atoms with van der Waals surface area (Å²) in [5, 5.41) is 0. The molecule has 50 heavy (non-hydrogen) atoms. The van der Waals surface area contributed by atoms with Crippen LogP contribution < -0.4 is 19.3 Å². The van der Waals surface area contributed by atoms with E-state index in [4.69, 9.17) is 18.9 Å². The van der Waals surface area contributed by atoms with Crippen LogP contribution in [0.25, 0.3) is 0 Å². The van der Waals surface area contributed by atoms with Crippen molar-refractivity contribution >= 4 is 23.3 Å². The standard InChI is InChI=1S/C41H45FN2O6/c1-29(2)34-24-35(40(49-28-31-13-7-4-8-14-31)25-39(34)48-27-30-11-5-3-6-12-30)38(45)16-10-9-15-33-26-44(41(46)50-33)32-17-18-37(36(42)23-32)43-19-21-47-22-20-43/h3-8,11-14,17-18,23-25,29,33H,9-10,15-16,19-22,26-28H2,1-2H3/t33-/m0/s1. The smallest absolute Gasteiger partial charge is 0.414 e. The molecule has 1 amide bonds. The molecule has 0 spiro atoms. The van der Waals surface area contributed by atoms with E-state index in [-0.39, 0.29) is 23.6 Å². The van der Waals surface area contributed by atoms with E-state index in [9.17, 15) is 9.59 Å². The molecule has 1 atom stereocenters. The van der Waals surface area contributed by atoms with Gasteiger partial charge in [-0.05, 0) is 66.1 Å². The van der Waals surface area contributed by atoms with Crippen molar-refractivity contribution in [1.29, 1.82) is 0 Å². The van der Waals surface area contributed by atoms with Gasteiger partial charge in [0.1, 0.15) is 36.6 Å². The van der Waals surface area contributed by atoms with Crippen LogP contribution in [0, 0.1) is 5.82 Å². The zero-order valence-electron chi connectivity index (χ0n) is 28.8.